The van der Waals surface area contributed by atoms with E-state index in [2.05, 4.69) is 31.3 Å². The maximum atomic E-state index is 12.2. The van der Waals surface area contributed by atoms with Crippen LogP contribution in [0, 0.1) is 0 Å². The molecule has 0 saturated carbocycles. The van der Waals surface area contributed by atoms with Gasteiger partial charge in [0.15, 0.2) is 4.67 Å². The molecule has 3 aromatic rings. The normalized spacial score (nSPS) is 10.6. The zero-order valence-corrected chi connectivity index (χ0v) is 12.8. The molecular weight excluding hydrogens is 360 g/mol. The number of aromatic nitrogens is 3. The van der Waals surface area contributed by atoms with Crippen molar-refractivity contribution in [3.63, 3.8) is 0 Å². The van der Waals surface area contributed by atoms with Gasteiger partial charge in [-0.25, -0.2) is 9.67 Å². The van der Waals surface area contributed by atoms with Crippen LogP contribution in [-0.2, 0) is 0 Å². The van der Waals surface area contributed by atoms with Crippen LogP contribution in [0.15, 0.2) is 52.3 Å². The third kappa shape index (κ3) is 2.70. The number of hydrogen-bond donors (Lipinski definition) is 1. The Labute approximate surface area is 132 Å². The van der Waals surface area contributed by atoms with Crippen molar-refractivity contribution < 1.29 is 9.21 Å². The summed E-state index contributed by atoms with van der Waals surface area (Å²) < 4.78 is 6.91. The standard InChI is InChI=1S/C13H8BrClN4O2/c14-12-8(4-5-21-12)13(20)18-10-3-1-2-9(15)11(10)19-7-16-6-17-19/h1-7H,(H,18,20). The highest BCUT2D eigenvalue weighted by molar-refractivity contribution is 9.10. The smallest absolute Gasteiger partial charge is 0.260 e. The van der Waals surface area contributed by atoms with Crippen LogP contribution in [0.4, 0.5) is 5.69 Å². The van der Waals surface area contributed by atoms with Crippen LogP contribution in [0.25, 0.3) is 5.69 Å². The molecule has 0 saturated heterocycles. The Morgan fingerprint density at radius 3 is 2.90 bits per heavy atom. The second kappa shape index (κ2) is 5.71. The Balaban J connectivity index is 1.98. The highest BCUT2D eigenvalue weighted by atomic mass is 79.9. The molecule has 0 aliphatic heterocycles. The molecule has 0 bridgehead atoms. The molecule has 1 aromatic carbocycles. The first-order valence-corrected chi connectivity index (χ1v) is 7.02. The molecule has 3 rings (SSSR count). The molecule has 0 aliphatic carbocycles. The fourth-order valence-electron chi connectivity index (χ4n) is 1.82. The number of halogens is 2. The summed E-state index contributed by atoms with van der Waals surface area (Å²) >= 11 is 9.36. The molecule has 0 unspecified atom stereocenters. The minimum absolute atomic E-state index is 0.320. The largest absolute Gasteiger partial charge is 0.457 e. The van der Waals surface area contributed by atoms with E-state index < -0.39 is 0 Å². The average molecular weight is 368 g/mol. The number of para-hydroxylation sites is 1. The summed E-state index contributed by atoms with van der Waals surface area (Å²) in [6.45, 7) is 0. The Morgan fingerprint density at radius 2 is 2.24 bits per heavy atom. The molecule has 106 valence electrons. The molecule has 0 spiro atoms. The van der Waals surface area contributed by atoms with E-state index in [4.69, 9.17) is 16.0 Å². The fraction of sp³-hybridized carbons (Fsp3) is 0. The van der Waals surface area contributed by atoms with E-state index in [0.717, 1.165) is 0 Å². The maximum Gasteiger partial charge on any atom is 0.260 e. The minimum atomic E-state index is -0.320. The lowest BCUT2D eigenvalue weighted by atomic mass is 10.2. The minimum Gasteiger partial charge on any atom is -0.457 e. The van der Waals surface area contributed by atoms with E-state index in [9.17, 15) is 4.79 Å². The molecular formula is C13H8BrClN4O2. The van der Waals surface area contributed by atoms with Crippen LogP contribution in [0.3, 0.4) is 0 Å². The van der Waals surface area contributed by atoms with Gasteiger partial charge in [0.2, 0.25) is 0 Å². The van der Waals surface area contributed by atoms with E-state index >= 15 is 0 Å². The molecule has 6 nitrogen and oxygen atoms in total. The molecule has 0 atom stereocenters. The van der Waals surface area contributed by atoms with Gasteiger partial charge in [0, 0.05) is 0 Å². The number of furan rings is 1. The molecule has 21 heavy (non-hydrogen) atoms. The predicted octanol–water partition coefficient (Wildman–Crippen LogP) is 3.53. The molecule has 1 amide bonds. The highest BCUT2D eigenvalue weighted by Crippen LogP contribution is 2.28. The maximum absolute atomic E-state index is 12.2. The number of benzene rings is 1. The number of nitrogens with one attached hydrogen (secondary N) is 1. The summed E-state index contributed by atoms with van der Waals surface area (Å²) in [4.78, 5) is 16.1. The first-order valence-electron chi connectivity index (χ1n) is 5.84. The Morgan fingerprint density at radius 1 is 1.38 bits per heavy atom. The summed E-state index contributed by atoms with van der Waals surface area (Å²) in [5.74, 6) is -0.320. The van der Waals surface area contributed by atoms with E-state index in [-0.39, 0.29) is 5.91 Å². The molecule has 0 radical (unpaired) electrons. The van der Waals surface area contributed by atoms with Gasteiger partial charge in [-0.3, -0.25) is 4.79 Å². The van der Waals surface area contributed by atoms with Gasteiger partial charge in [-0.15, -0.1) is 0 Å². The SMILES string of the molecule is O=C(Nc1cccc(Cl)c1-n1cncn1)c1ccoc1Br. The van der Waals surface area contributed by atoms with Crippen molar-refractivity contribution >= 4 is 39.1 Å². The van der Waals surface area contributed by atoms with Crippen LogP contribution >= 0.6 is 27.5 Å². The summed E-state index contributed by atoms with van der Waals surface area (Å²) in [5.41, 5.74) is 1.45. The Kier molecular flexibility index (Phi) is 3.76. The van der Waals surface area contributed by atoms with Gasteiger partial charge in [0.25, 0.3) is 5.91 Å². The fourth-order valence-corrected chi connectivity index (χ4v) is 2.50. The van der Waals surface area contributed by atoms with Crippen LogP contribution in [0.1, 0.15) is 10.4 Å². The molecule has 8 heteroatoms. The van der Waals surface area contributed by atoms with Gasteiger partial charge in [0.1, 0.15) is 18.3 Å². The second-order valence-electron chi connectivity index (χ2n) is 4.04. The lowest BCUT2D eigenvalue weighted by Gasteiger charge is -2.11. The first kappa shape index (κ1) is 13.8. The molecule has 2 heterocycles. The number of carbonyl (C=O) groups excluding carboxylic acids is 1. The van der Waals surface area contributed by atoms with Crippen molar-refractivity contribution in [3.8, 4) is 5.69 Å². The van der Waals surface area contributed by atoms with Gasteiger partial charge < -0.3 is 9.73 Å². The zero-order chi connectivity index (χ0) is 14.8. The third-order valence-electron chi connectivity index (χ3n) is 2.75. The van der Waals surface area contributed by atoms with Crippen molar-refractivity contribution in [2.45, 2.75) is 0 Å². The number of carbonyl (C=O) groups is 1. The molecule has 2 aromatic heterocycles. The van der Waals surface area contributed by atoms with Gasteiger partial charge in [-0.2, -0.15) is 5.10 Å². The topological polar surface area (TPSA) is 73.0 Å². The van der Waals surface area contributed by atoms with Crippen molar-refractivity contribution in [1.29, 1.82) is 0 Å². The average Bonchev–Trinajstić information content (AvgIpc) is 3.10. The third-order valence-corrected chi connectivity index (χ3v) is 3.66. The van der Waals surface area contributed by atoms with Crippen molar-refractivity contribution in [2.24, 2.45) is 0 Å². The monoisotopic (exact) mass is 366 g/mol. The quantitative estimate of drug-likeness (QED) is 0.768. The summed E-state index contributed by atoms with van der Waals surface area (Å²) in [7, 11) is 0. The predicted molar refractivity (Wildman–Crippen MR) is 80.7 cm³/mol. The van der Waals surface area contributed by atoms with Crippen molar-refractivity contribution in [2.75, 3.05) is 5.32 Å². The van der Waals surface area contributed by atoms with E-state index in [1.165, 1.54) is 23.6 Å². The summed E-state index contributed by atoms with van der Waals surface area (Å²) in [5, 5.41) is 7.27. The first-order chi connectivity index (χ1) is 10.2. The van der Waals surface area contributed by atoms with E-state index in [1.807, 2.05) is 0 Å². The van der Waals surface area contributed by atoms with Crippen LogP contribution < -0.4 is 5.32 Å². The number of anilines is 1. The number of hydrogen-bond acceptors (Lipinski definition) is 4. The Hall–Kier alpha value is -2.12. The highest BCUT2D eigenvalue weighted by Gasteiger charge is 2.16. The van der Waals surface area contributed by atoms with E-state index in [1.54, 1.807) is 24.3 Å². The summed E-state index contributed by atoms with van der Waals surface area (Å²) in [6, 6.07) is 6.75. The molecule has 0 aliphatic rings. The van der Waals surface area contributed by atoms with Crippen LogP contribution in [0.2, 0.25) is 5.02 Å². The lowest BCUT2D eigenvalue weighted by Crippen LogP contribution is -2.14. The second-order valence-corrected chi connectivity index (χ2v) is 5.17. The van der Waals surface area contributed by atoms with Gasteiger partial charge in [-0.1, -0.05) is 17.7 Å². The lowest BCUT2D eigenvalue weighted by molar-refractivity contribution is 0.102. The number of amides is 1. The van der Waals surface area contributed by atoms with Crippen molar-refractivity contribution in [1.82, 2.24) is 14.8 Å². The van der Waals surface area contributed by atoms with Crippen LogP contribution in [-0.4, -0.2) is 20.7 Å². The Bertz CT molecular complexity index is 785. The number of nitrogens with zero attached hydrogens (tertiary/aromatic N) is 3. The van der Waals surface area contributed by atoms with E-state index in [0.29, 0.717) is 26.6 Å². The van der Waals surface area contributed by atoms with Crippen LogP contribution in [0.5, 0.6) is 0 Å². The zero-order valence-electron chi connectivity index (χ0n) is 10.5. The number of rotatable bonds is 3. The van der Waals surface area contributed by atoms with Crippen molar-refractivity contribution in [3.05, 3.63) is 58.4 Å². The van der Waals surface area contributed by atoms with Gasteiger partial charge >= 0.3 is 0 Å². The van der Waals surface area contributed by atoms with Gasteiger partial charge in [-0.05, 0) is 34.1 Å². The van der Waals surface area contributed by atoms with Gasteiger partial charge in [0.05, 0.1) is 22.5 Å². The molecule has 0 fully saturated rings. The molecule has 1 N–H and O–H groups in total. The summed E-state index contributed by atoms with van der Waals surface area (Å²) in [6.07, 6.45) is 4.32.